The molecule has 0 saturated heterocycles. The first-order chi connectivity index (χ1) is 9.36. The van der Waals surface area contributed by atoms with Gasteiger partial charge in [-0.3, -0.25) is 0 Å². The van der Waals surface area contributed by atoms with Crippen LogP contribution in [0.15, 0.2) is 28.7 Å². The van der Waals surface area contributed by atoms with E-state index in [-0.39, 0.29) is 11.9 Å². The summed E-state index contributed by atoms with van der Waals surface area (Å²) in [4.78, 5) is 0. The average molecular weight is 285 g/mol. The largest absolute Gasteiger partial charge is 0.419 e. The van der Waals surface area contributed by atoms with E-state index in [1.165, 1.54) is 12.1 Å². The smallest absolute Gasteiger partial charge is 0.416 e. The minimum atomic E-state index is -4.35. The third kappa shape index (κ3) is 3.57. The van der Waals surface area contributed by atoms with Crippen molar-refractivity contribution in [3.05, 3.63) is 35.7 Å². The number of alkyl halides is 3. The van der Waals surface area contributed by atoms with E-state index in [0.717, 1.165) is 12.1 Å². The van der Waals surface area contributed by atoms with Gasteiger partial charge in [-0.05, 0) is 24.3 Å². The minimum absolute atomic E-state index is 0.208. The molecule has 1 heterocycles. The van der Waals surface area contributed by atoms with Crippen molar-refractivity contribution in [3.8, 4) is 11.5 Å². The molecule has 108 valence electrons. The number of nitrogens with one attached hydrogen (secondary N) is 1. The van der Waals surface area contributed by atoms with Gasteiger partial charge < -0.3 is 9.73 Å². The van der Waals surface area contributed by atoms with E-state index >= 15 is 0 Å². The van der Waals surface area contributed by atoms with Crippen molar-refractivity contribution in [3.63, 3.8) is 0 Å². The first kappa shape index (κ1) is 14.5. The van der Waals surface area contributed by atoms with Crippen LogP contribution in [-0.4, -0.2) is 16.2 Å². The van der Waals surface area contributed by atoms with Crippen LogP contribution in [0, 0.1) is 0 Å². The summed E-state index contributed by atoms with van der Waals surface area (Å²) >= 11 is 0. The predicted molar refractivity (Wildman–Crippen MR) is 66.7 cm³/mol. The highest BCUT2D eigenvalue weighted by Crippen LogP contribution is 2.30. The van der Waals surface area contributed by atoms with Crippen LogP contribution >= 0.6 is 0 Å². The van der Waals surface area contributed by atoms with Crippen LogP contribution in [0.25, 0.3) is 11.5 Å². The Morgan fingerprint density at radius 3 is 2.35 bits per heavy atom. The average Bonchev–Trinajstić information content (AvgIpc) is 2.84. The predicted octanol–water partition coefficient (Wildman–Crippen LogP) is 3.25. The molecule has 1 N–H and O–H groups in total. The number of aromatic nitrogens is 2. The molecule has 1 aromatic carbocycles. The zero-order valence-corrected chi connectivity index (χ0v) is 11.0. The van der Waals surface area contributed by atoms with Crippen LogP contribution in [0.1, 0.15) is 25.3 Å². The summed E-state index contributed by atoms with van der Waals surface area (Å²) < 4.78 is 42.7. The highest BCUT2D eigenvalue weighted by molar-refractivity contribution is 5.53. The summed E-state index contributed by atoms with van der Waals surface area (Å²) in [5.74, 6) is 0.605. The second-order valence-electron chi connectivity index (χ2n) is 4.61. The van der Waals surface area contributed by atoms with E-state index in [1.807, 2.05) is 13.8 Å². The van der Waals surface area contributed by atoms with E-state index in [0.29, 0.717) is 18.0 Å². The maximum atomic E-state index is 12.4. The highest BCUT2D eigenvalue weighted by Gasteiger charge is 2.30. The van der Waals surface area contributed by atoms with Crippen molar-refractivity contribution < 1.29 is 17.6 Å². The molecule has 2 rings (SSSR count). The maximum Gasteiger partial charge on any atom is 0.416 e. The van der Waals surface area contributed by atoms with E-state index in [2.05, 4.69) is 15.5 Å². The summed E-state index contributed by atoms with van der Waals surface area (Å²) in [6.07, 6.45) is -4.35. The Hall–Kier alpha value is -1.89. The fourth-order valence-corrected chi connectivity index (χ4v) is 1.53. The van der Waals surface area contributed by atoms with Crippen molar-refractivity contribution in [2.75, 3.05) is 0 Å². The van der Waals surface area contributed by atoms with Gasteiger partial charge in [-0.2, -0.15) is 13.2 Å². The number of hydrogen-bond acceptors (Lipinski definition) is 4. The minimum Gasteiger partial charge on any atom is -0.419 e. The normalized spacial score (nSPS) is 12.1. The zero-order chi connectivity index (χ0) is 14.8. The molecule has 2 aromatic rings. The SMILES string of the molecule is CC(C)NCc1nnc(-c2ccc(C(F)(F)F)cc2)o1. The molecule has 0 aliphatic carbocycles. The van der Waals surface area contributed by atoms with E-state index in [9.17, 15) is 13.2 Å². The van der Waals surface area contributed by atoms with Crippen LogP contribution in [0.3, 0.4) is 0 Å². The summed E-state index contributed by atoms with van der Waals surface area (Å²) in [5, 5.41) is 10.8. The van der Waals surface area contributed by atoms with Gasteiger partial charge in [0.05, 0.1) is 12.1 Å². The van der Waals surface area contributed by atoms with Crippen molar-refractivity contribution in [1.29, 1.82) is 0 Å². The number of halogens is 3. The number of nitrogens with zero attached hydrogens (tertiary/aromatic N) is 2. The second-order valence-corrected chi connectivity index (χ2v) is 4.61. The van der Waals surface area contributed by atoms with Gasteiger partial charge in [-0.15, -0.1) is 10.2 Å². The van der Waals surface area contributed by atoms with Gasteiger partial charge in [0.15, 0.2) is 0 Å². The standard InChI is InChI=1S/C13H14F3N3O/c1-8(2)17-7-11-18-19-12(20-11)9-3-5-10(6-4-9)13(14,15)16/h3-6,8,17H,7H2,1-2H3. The molecule has 0 aliphatic heterocycles. The Morgan fingerprint density at radius 2 is 1.80 bits per heavy atom. The lowest BCUT2D eigenvalue weighted by Gasteiger charge is -2.06. The third-order valence-electron chi connectivity index (χ3n) is 2.59. The molecule has 0 fully saturated rings. The van der Waals surface area contributed by atoms with E-state index in [1.54, 1.807) is 0 Å². The molecular weight excluding hydrogens is 271 g/mol. The molecule has 20 heavy (non-hydrogen) atoms. The number of benzene rings is 1. The molecule has 0 unspecified atom stereocenters. The molecule has 0 bridgehead atoms. The van der Waals surface area contributed by atoms with Crippen molar-refractivity contribution in [1.82, 2.24) is 15.5 Å². The van der Waals surface area contributed by atoms with Gasteiger partial charge in [-0.25, -0.2) is 0 Å². The van der Waals surface area contributed by atoms with Gasteiger partial charge in [0, 0.05) is 11.6 Å². The van der Waals surface area contributed by atoms with Gasteiger partial charge in [-0.1, -0.05) is 13.8 Å². The first-order valence-corrected chi connectivity index (χ1v) is 6.09. The fraction of sp³-hybridized carbons (Fsp3) is 0.385. The van der Waals surface area contributed by atoms with Gasteiger partial charge in [0.25, 0.3) is 0 Å². The van der Waals surface area contributed by atoms with Crippen molar-refractivity contribution in [2.45, 2.75) is 32.6 Å². The summed E-state index contributed by atoms with van der Waals surface area (Å²) in [6, 6.07) is 4.89. The summed E-state index contributed by atoms with van der Waals surface area (Å²) in [7, 11) is 0. The molecule has 7 heteroatoms. The van der Waals surface area contributed by atoms with Gasteiger partial charge in [0.2, 0.25) is 11.8 Å². The van der Waals surface area contributed by atoms with Gasteiger partial charge in [0.1, 0.15) is 0 Å². The Morgan fingerprint density at radius 1 is 1.15 bits per heavy atom. The molecule has 0 amide bonds. The lowest BCUT2D eigenvalue weighted by Crippen LogP contribution is -2.21. The van der Waals surface area contributed by atoms with Crippen LogP contribution < -0.4 is 5.32 Å². The molecule has 0 radical (unpaired) electrons. The fourth-order valence-electron chi connectivity index (χ4n) is 1.53. The summed E-state index contributed by atoms with van der Waals surface area (Å²) in [6.45, 7) is 4.38. The molecule has 1 aromatic heterocycles. The van der Waals surface area contributed by atoms with E-state index in [4.69, 9.17) is 4.42 Å². The summed E-state index contributed by atoms with van der Waals surface area (Å²) in [5.41, 5.74) is -0.247. The second kappa shape index (κ2) is 5.62. The van der Waals surface area contributed by atoms with Crippen LogP contribution in [0.2, 0.25) is 0 Å². The lowest BCUT2D eigenvalue weighted by molar-refractivity contribution is -0.137. The van der Waals surface area contributed by atoms with E-state index < -0.39 is 11.7 Å². The van der Waals surface area contributed by atoms with Crippen LogP contribution in [0.5, 0.6) is 0 Å². The third-order valence-corrected chi connectivity index (χ3v) is 2.59. The van der Waals surface area contributed by atoms with Crippen molar-refractivity contribution in [2.24, 2.45) is 0 Å². The highest BCUT2D eigenvalue weighted by atomic mass is 19.4. The maximum absolute atomic E-state index is 12.4. The Balaban J connectivity index is 2.12. The first-order valence-electron chi connectivity index (χ1n) is 6.09. The zero-order valence-electron chi connectivity index (χ0n) is 11.0. The van der Waals surface area contributed by atoms with Crippen LogP contribution in [0.4, 0.5) is 13.2 Å². The molecule has 4 nitrogen and oxygen atoms in total. The molecular formula is C13H14F3N3O. The molecule has 0 atom stereocenters. The van der Waals surface area contributed by atoms with Crippen LogP contribution in [-0.2, 0) is 12.7 Å². The number of rotatable bonds is 4. The number of hydrogen-bond donors (Lipinski definition) is 1. The lowest BCUT2D eigenvalue weighted by atomic mass is 10.1. The Labute approximate surface area is 114 Å². The quantitative estimate of drug-likeness (QED) is 0.936. The molecule has 0 saturated carbocycles. The monoisotopic (exact) mass is 285 g/mol. The molecule has 0 aliphatic rings. The van der Waals surface area contributed by atoms with Gasteiger partial charge >= 0.3 is 6.18 Å². The van der Waals surface area contributed by atoms with Crippen molar-refractivity contribution >= 4 is 0 Å². The Bertz CT molecular complexity index is 561. The topological polar surface area (TPSA) is 51.0 Å². The molecule has 0 spiro atoms. The Kier molecular flexibility index (Phi) is 4.08.